The molecule has 8 heteroatoms. The van der Waals surface area contributed by atoms with Crippen molar-refractivity contribution in [2.75, 3.05) is 0 Å². The van der Waals surface area contributed by atoms with E-state index >= 15 is 0 Å². The summed E-state index contributed by atoms with van der Waals surface area (Å²) >= 11 is 6.07. The molecule has 0 spiro atoms. The van der Waals surface area contributed by atoms with E-state index in [9.17, 15) is 14.9 Å². The largest absolute Gasteiger partial charge is 0.446 e. The van der Waals surface area contributed by atoms with Crippen LogP contribution in [0, 0.1) is 18.3 Å². The molecule has 1 heterocycles. The SMILES string of the molecule is Cc1noc(-c2ccccc2)c1C(=O)OC(C)(C)C(=O)N[C@@H](C)[C@@H](Cc1ccc(Cl)cc1)c1cccc(C#N)c1. The molecule has 0 saturated heterocycles. The van der Waals surface area contributed by atoms with Gasteiger partial charge in [0, 0.05) is 22.5 Å². The Kier molecular flexibility index (Phi) is 8.71. The van der Waals surface area contributed by atoms with Gasteiger partial charge in [0.2, 0.25) is 0 Å². The third kappa shape index (κ3) is 6.59. The van der Waals surface area contributed by atoms with Gasteiger partial charge < -0.3 is 14.6 Å². The maximum absolute atomic E-state index is 13.5. The van der Waals surface area contributed by atoms with Gasteiger partial charge in [-0.15, -0.1) is 0 Å². The zero-order valence-electron chi connectivity index (χ0n) is 22.8. The number of carbonyl (C=O) groups is 2. The smallest absolute Gasteiger partial charge is 0.345 e. The van der Waals surface area contributed by atoms with E-state index in [1.54, 1.807) is 39.0 Å². The van der Waals surface area contributed by atoms with Crippen molar-refractivity contribution in [1.29, 1.82) is 5.26 Å². The fourth-order valence-electron chi connectivity index (χ4n) is 4.50. The lowest BCUT2D eigenvalue weighted by Gasteiger charge is -2.30. The molecule has 0 aliphatic heterocycles. The van der Waals surface area contributed by atoms with Gasteiger partial charge in [0.05, 0.1) is 17.3 Å². The third-order valence-electron chi connectivity index (χ3n) is 6.77. The van der Waals surface area contributed by atoms with E-state index in [-0.39, 0.29) is 23.3 Å². The number of esters is 1. The van der Waals surface area contributed by atoms with Gasteiger partial charge in [-0.05, 0) is 69.5 Å². The molecule has 1 amide bonds. The minimum absolute atomic E-state index is 0.171. The molecule has 3 aromatic carbocycles. The molecule has 0 saturated carbocycles. The van der Waals surface area contributed by atoms with Crippen LogP contribution in [0.3, 0.4) is 0 Å². The zero-order chi connectivity index (χ0) is 28.9. The van der Waals surface area contributed by atoms with Gasteiger partial charge in [0.15, 0.2) is 11.4 Å². The molecule has 0 unspecified atom stereocenters. The van der Waals surface area contributed by atoms with Crippen molar-refractivity contribution in [3.05, 3.63) is 112 Å². The normalized spacial score (nSPS) is 12.7. The molecule has 0 aliphatic carbocycles. The third-order valence-corrected chi connectivity index (χ3v) is 7.02. The molecular formula is C32H30ClN3O4. The Bertz CT molecular complexity index is 1540. The number of nitrogens with zero attached hydrogens (tertiary/aromatic N) is 2. The molecule has 204 valence electrons. The number of carbonyl (C=O) groups excluding carboxylic acids is 2. The Morgan fingerprint density at radius 2 is 1.77 bits per heavy atom. The van der Waals surface area contributed by atoms with E-state index in [2.05, 4.69) is 16.5 Å². The van der Waals surface area contributed by atoms with Crippen LogP contribution in [0.15, 0.2) is 83.4 Å². The number of aryl methyl sites for hydroxylation is 1. The number of benzene rings is 3. The van der Waals surface area contributed by atoms with E-state index in [0.29, 0.717) is 28.3 Å². The molecule has 0 aliphatic rings. The molecule has 40 heavy (non-hydrogen) atoms. The number of nitrogens with one attached hydrogen (secondary N) is 1. The second kappa shape index (κ2) is 12.2. The quantitative estimate of drug-likeness (QED) is 0.232. The van der Waals surface area contributed by atoms with Crippen LogP contribution in [0.4, 0.5) is 0 Å². The maximum Gasteiger partial charge on any atom is 0.345 e. The summed E-state index contributed by atoms with van der Waals surface area (Å²) in [7, 11) is 0. The molecule has 0 radical (unpaired) electrons. The minimum Gasteiger partial charge on any atom is -0.446 e. The summed E-state index contributed by atoms with van der Waals surface area (Å²) in [5, 5.41) is 17.1. The molecule has 0 fully saturated rings. The summed E-state index contributed by atoms with van der Waals surface area (Å²) in [5.74, 6) is -1.05. The first-order chi connectivity index (χ1) is 19.1. The van der Waals surface area contributed by atoms with Crippen LogP contribution < -0.4 is 5.32 Å². The predicted molar refractivity (Wildman–Crippen MR) is 153 cm³/mol. The van der Waals surface area contributed by atoms with Crippen LogP contribution in [-0.2, 0) is 16.0 Å². The van der Waals surface area contributed by atoms with Crippen molar-refractivity contribution in [1.82, 2.24) is 10.5 Å². The van der Waals surface area contributed by atoms with Crippen molar-refractivity contribution < 1.29 is 18.8 Å². The summed E-state index contributed by atoms with van der Waals surface area (Å²) in [6, 6.07) is 25.8. The number of amides is 1. The fourth-order valence-corrected chi connectivity index (χ4v) is 4.63. The number of nitriles is 1. The topological polar surface area (TPSA) is 105 Å². The van der Waals surface area contributed by atoms with Gasteiger partial charge in [0.25, 0.3) is 5.91 Å². The number of rotatable bonds is 9. The lowest BCUT2D eigenvalue weighted by molar-refractivity contribution is -0.138. The zero-order valence-corrected chi connectivity index (χ0v) is 23.5. The first-order valence-electron chi connectivity index (χ1n) is 12.9. The molecule has 4 aromatic rings. The van der Waals surface area contributed by atoms with Crippen LogP contribution in [0.2, 0.25) is 5.02 Å². The molecular weight excluding hydrogens is 526 g/mol. The summed E-state index contributed by atoms with van der Waals surface area (Å²) < 4.78 is 11.2. The molecule has 7 nitrogen and oxygen atoms in total. The predicted octanol–water partition coefficient (Wildman–Crippen LogP) is 6.64. The highest BCUT2D eigenvalue weighted by molar-refractivity contribution is 6.30. The van der Waals surface area contributed by atoms with Gasteiger partial charge in [-0.2, -0.15) is 5.26 Å². The molecule has 0 bridgehead atoms. The second-order valence-electron chi connectivity index (χ2n) is 10.2. The molecule has 1 aromatic heterocycles. The second-order valence-corrected chi connectivity index (χ2v) is 10.6. The highest BCUT2D eigenvalue weighted by Crippen LogP contribution is 2.29. The number of hydrogen-bond donors (Lipinski definition) is 1. The Labute approximate surface area is 238 Å². The Hall–Kier alpha value is -4.41. The molecule has 1 N–H and O–H groups in total. The summed E-state index contributed by atoms with van der Waals surface area (Å²) in [6.07, 6.45) is 0.591. The monoisotopic (exact) mass is 555 g/mol. The van der Waals surface area contributed by atoms with Crippen molar-refractivity contribution in [3.8, 4) is 17.4 Å². The van der Waals surface area contributed by atoms with E-state index < -0.39 is 17.5 Å². The van der Waals surface area contributed by atoms with E-state index in [0.717, 1.165) is 11.1 Å². The summed E-state index contributed by atoms with van der Waals surface area (Å²) in [5.41, 5.74) is 2.19. The van der Waals surface area contributed by atoms with Crippen LogP contribution in [-0.4, -0.2) is 28.7 Å². The van der Waals surface area contributed by atoms with Crippen molar-refractivity contribution in [2.24, 2.45) is 0 Å². The molecule has 4 rings (SSSR count). The van der Waals surface area contributed by atoms with E-state index in [1.165, 1.54) is 0 Å². The minimum atomic E-state index is -1.50. The first-order valence-corrected chi connectivity index (χ1v) is 13.3. The van der Waals surface area contributed by atoms with Gasteiger partial charge in [-0.3, -0.25) is 4.79 Å². The van der Waals surface area contributed by atoms with E-state index in [1.807, 2.05) is 67.6 Å². The molecule has 2 atom stereocenters. The Balaban J connectivity index is 1.54. The fraction of sp³-hybridized carbons (Fsp3) is 0.250. The van der Waals surface area contributed by atoms with Gasteiger partial charge in [-0.1, -0.05) is 71.4 Å². The van der Waals surface area contributed by atoms with Crippen LogP contribution >= 0.6 is 11.6 Å². The van der Waals surface area contributed by atoms with Crippen molar-refractivity contribution in [2.45, 2.75) is 51.7 Å². The Morgan fingerprint density at radius 3 is 2.45 bits per heavy atom. The lowest BCUT2D eigenvalue weighted by Crippen LogP contribution is -2.50. The average molecular weight is 556 g/mol. The number of ether oxygens (including phenoxy) is 1. The van der Waals surface area contributed by atoms with E-state index in [4.69, 9.17) is 20.9 Å². The number of hydrogen-bond acceptors (Lipinski definition) is 6. The standard InChI is InChI=1S/C32H30ClN3O4/c1-20(27(18-22-13-15-26(33)16-14-22)25-12-8-9-23(17-25)19-34)35-31(38)32(3,4)39-30(37)28-21(2)36-40-29(28)24-10-6-5-7-11-24/h5-17,20,27H,18H2,1-4H3,(H,35,38)/t20-,27+/m0/s1. The van der Waals surface area contributed by atoms with Gasteiger partial charge in [-0.25, -0.2) is 4.79 Å². The highest BCUT2D eigenvalue weighted by Gasteiger charge is 2.36. The summed E-state index contributed by atoms with van der Waals surface area (Å²) in [4.78, 5) is 26.8. The van der Waals surface area contributed by atoms with Crippen LogP contribution in [0.25, 0.3) is 11.3 Å². The van der Waals surface area contributed by atoms with Crippen molar-refractivity contribution in [3.63, 3.8) is 0 Å². The summed E-state index contributed by atoms with van der Waals surface area (Å²) in [6.45, 7) is 6.64. The van der Waals surface area contributed by atoms with Gasteiger partial charge in [0.1, 0.15) is 5.56 Å². The lowest BCUT2D eigenvalue weighted by atomic mass is 9.85. The first kappa shape index (κ1) is 28.6. The van der Waals surface area contributed by atoms with Gasteiger partial charge >= 0.3 is 5.97 Å². The highest BCUT2D eigenvalue weighted by atomic mass is 35.5. The number of halogens is 1. The number of aromatic nitrogens is 1. The average Bonchev–Trinajstić information content (AvgIpc) is 3.34. The van der Waals surface area contributed by atoms with Crippen LogP contribution in [0.5, 0.6) is 0 Å². The maximum atomic E-state index is 13.5. The van der Waals surface area contributed by atoms with Crippen LogP contribution in [0.1, 0.15) is 59.4 Å². The Morgan fingerprint density at radius 1 is 1.07 bits per heavy atom. The van der Waals surface area contributed by atoms with Crippen molar-refractivity contribution >= 4 is 23.5 Å².